The van der Waals surface area contributed by atoms with Gasteiger partial charge in [-0.3, -0.25) is 0 Å². The summed E-state index contributed by atoms with van der Waals surface area (Å²) in [6.07, 6.45) is 11.8. The molecule has 1 saturated carbocycles. The summed E-state index contributed by atoms with van der Waals surface area (Å²) >= 11 is 0. The maximum Gasteiger partial charge on any atom is 0.0126 e. The van der Waals surface area contributed by atoms with E-state index in [0.717, 1.165) is 5.92 Å². The first-order valence-electron chi connectivity index (χ1n) is 8.85. The van der Waals surface area contributed by atoms with Crippen LogP contribution in [0.25, 0.3) is 0 Å². The van der Waals surface area contributed by atoms with E-state index in [1.54, 1.807) is 0 Å². The molecule has 1 rings (SSSR count). The van der Waals surface area contributed by atoms with Crippen LogP contribution in [0.3, 0.4) is 0 Å². The van der Waals surface area contributed by atoms with Crippen molar-refractivity contribution in [2.24, 2.45) is 22.5 Å². The lowest BCUT2D eigenvalue weighted by atomic mass is 9.69. The Kier molecular flexibility index (Phi) is 6.14. The Morgan fingerprint density at radius 3 is 1.85 bits per heavy atom. The molecule has 0 aromatic carbocycles. The van der Waals surface area contributed by atoms with Gasteiger partial charge in [0.1, 0.15) is 0 Å². The largest absolute Gasteiger partial charge is 0.325 e. The highest BCUT2D eigenvalue weighted by molar-refractivity contribution is 4.85. The molecule has 0 aromatic rings. The van der Waals surface area contributed by atoms with Gasteiger partial charge in [0.25, 0.3) is 0 Å². The smallest absolute Gasteiger partial charge is 0.0126 e. The SMILES string of the molecule is CC(C)C1(C)CCCCC(C)(C)CCC(C)(N)CCC1. The molecule has 1 aliphatic carbocycles. The van der Waals surface area contributed by atoms with Crippen LogP contribution in [0.5, 0.6) is 0 Å². The van der Waals surface area contributed by atoms with Crippen LogP contribution in [0.15, 0.2) is 0 Å². The van der Waals surface area contributed by atoms with E-state index < -0.39 is 0 Å². The fourth-order valence-corrected chi connectivity index (χ4v) is 3.60. The maximum absolute atomic E-state index is 6.54. The zero-order valence-corrected chi connectivity index (χ0v) is 15.0. The molecule has 0 saturated heterocycles. The van der Waals surface area contributed by atoms with Gasteiger partial charge in [-0.15, -0.1) is 0 Å². The van der Waals surface area contributed by atoms with Crippen LogP contribution in [0, 0.1) is 16.7 Å². The number of hydrogen-bond acceptors (Lipinski definition) is 1. The topological polar surface area (TPSA) is 26.0 Å². The number of rotatable bonds is 1. The monoisotopic (exact) mass is 281 g/mol. The van der Waals surface area contributed by atoms with E-state index in [1.165, 1.54) is 57.8 Å². The van der Waals surface area contributed by atoms with Crippen LogP contribution in [0.1, 0.15) is 99.3 Å². The Labute approximate surface area is 128 Å². The average Bonchev–Trinajstić information content (AvgIpc) is 2.31. The second kappa shape index (κ2) is 6.81. The van der Waals surface area contributed by atoms with Crippen molar-refractivity contribution in [1.29, 1.82) is 0 Å². The van der Waals surface area contributed by atoms with Crippen molar-refractivity contribution in [2.45, 2.75) is 105 Å². The quantitative estimate of drug-likeness (QED) is 0.634. The molecule has 20 heavy (non-hydrogen) atoms. The van der Waals surface area contributed by atoms with Gasteiger partial charge in [-0.2, -0.15) is 0 Å². The third kappa shape index (κ3) is 5.76. The zero-order chi connectivity index (χ0) is 15.4. The van der Waals surface area contributed by atoms with Gasteiger partial charge in [0, 0.05) is 5.54 Å². The second-order valence-corrected chi connectivity index (χ2v) is 9.19. The summed E-state index contributed by atoms with van der Waals surface area (Å²) in [6.45, 7) is 14.4. The summed E-state index contributed by atoms with van der Waals surface area (Å²) in [5.74, 6) is 0.780. The molecule has 0 aromatic heterocycles. The first kappa shape index (κ1) is 18.0. The van der Waals surface area contributed by atoms with E-state index in [9.17, 15) is 0 Å². The molecule has 2 N–H and O–H groups in total. The van der Waals surface area contributed by atoms with E-state index >= 15 is 0 Å². The molecule has 1 aliphatic rings. The molecule has 0 aliphatic heterocycles. The van der Waals surface area contributed by atoms with Gasteiger partial charge in [-0.25, -0.2) is 0 Å². The molecule has 1 fully saturated rings. The van der Waals surface area contributed by atoms with E-state index in [4.69, 9.17) is 5.73 Å². The molecule has 0 spiro atoms. The van der Waals surface area contributed by atoms with E-state index in [2.05, 4.69) is 41.5 Å². The predicted molar refractivity (Wildman–Crippen MR) is 90.9 cm³/mol. The number of hydrogen-bond donors (Lipinski definition) is 1. The third-order valence-electron chi connectivity index (χ3n) is 6.11. The summed E-state index contributed by atoms with van der Waals surface area (Å²) in [7, 11) is 0. The van der Waals surface area contributed by atoms with Gasteiger partial charge in [-0.1, -0.05) is 53.9 Å². The highest BCUT2D eigenvalue weighted by atomic mass is 14.7. The Hall–Kier alpha value is -0.0400. The van der Waals surface area contributed by atoms with E-state index in [1.807, 2.05) is 0 Å². The van der Waals surface area contributed by atoms with Crippen LogP contribution >= 0.6 is 0 Å². The van der Waals surface area contributed by atoms with Gasteiger partial charge in [0.15, 0.2) is 0 Å². The van der Waals surface area contributed by atoms with Crippen molar-refractivity contribution in [3.8, 4) is 0 Å². The Morgan fingerprint density at radius 2 is 1.25 bits per heavy atom. The summed E-state index contributed by atoms with van der Waals surface area (Å²) in [5.41, 5.74) is 7.56. The minimum Gasteiger partial charge on any atom is -0.325 e. The van der Waals surface area contributed by atoms with Gasteiger partial charge in [0.2, 0.25) is 0 Å². The molecule has 1 nitrogen and oxygen atoms in total. The Morgan fingerprint density at radius 1 is 0.700 bits per heavy atom. The first-order chi connectivity index (χ1) is 9.06. The Balaban J connectivity index is 2.74. The zero-order valence-electron chi connectivity index (χ0n) is 15.0. The summed E-state index contributed by atoms with van der Waals surface area (Å²) in [4.78, 5) is 0. The van der Waals surface area contributed by atoms with Crippen LogP contribution in [-0.2, 0) is 0 Å². The lowest BCUT2D eigenvalue weighted by molar-refractivity contribution is 0.150. The molecular formula is C19H39N. The lowest BCUT2D eigenvalue weighted by Crippen LogP contribution is -2.38. The minimum atomic E-state index is 0.0361. The van der Waals surface area contributed by atoms with Crippen molar-refractivity contribution in [2.75, 3.05) is 0 Å². The highest BCUT2D eigenvalue weighted by Gasteiger charge is 2.31. The lowest BCUT2D eigenvalue weighted by Gasteiger charge is -2.38. The number of nitrogens with two attached hydrogens (primary N) is 1. The fourth-order valence-electron chi connectivity index (χ4n) is 3.60. The molecular weight excluding hydrogens is 242 g/mol. The molecule has 0 radical (unpaired) electrons. The summed E-state index contributed by atoms with van der Waals surface area (Å²) in [6, 6.07) is 0. The molecule has 120 valence electrons. The standard InChI is InChI=1S/C19H39N/c1-16(2)18(5)11-8-7-10-17(3,4)14-15-19(6,20)13-9-12-18/h16H,7-15,20H2,1-6H3. The Bertz CT molecular complexity index is 290. The van der Waals surface area contributed by atoms with Gasteiger partial charge < -0.3 is 5.73 Å². The van der Waals surface area contributed by atoms with Crippen molar-refractivity contribution in [3.05, 3.63) is 0 Å². The molecule has 0 bridgehead atoms. The van der Waals surface area contributed by atoms with E-state index in [0.29, 0.717) is 10.8 Å². The molecule has 0 heterocycles. The van der Waals surface area contributed by atoms with Crippen LogP contribution in [0.4, 0.5) is 0 Å². The molecule has 0 amide bonds. The molecule has 2 atom stereocenters. The van der Waals surface area contributed by atoms with Crippen LogP contribution in [-0.4, -0.2) is 5.54 Å². The normalized spacial score (nSPS) is 37.2. The third-order valence-corrected chi connectivity index (χ3v) is 6.11. The summed E-state index contributed by atoms with van der Waals surface area (Å²) in [5, 5.41) is 0. The second-order valence-electron chi connectivity index (χ2n) is 9.19. The van der Waals surface area contributed by atoms with Crippen molar-refractivity contribution in [3.63, 3.8) is 0 Å². The van der Waals surface area contributed by atoms with Crippen LogP contribution in [0.2, 0.25) is 0 Å². The van der Waals surface area contributed by atoms with Crippen molar-refractivity contribution in [1.82, 2.24) is 0 Å². The fraction of sp³-hybridized carbons (Fsp3) is 1.00. The highest BCUT2D eigenvalue weighted by Crippen LogP contribution is 2.41. The average molecular weight is 282 g/mol. The maximum atomic E-state index is 6.54. The van der Waals surface area contributed by atoms with E-state index in [-0.39, 0.29) is 5.54 Å². The van der Waals surface area contributed by atoms with Crippen molar-refractivity contribution >= 4 is 0 Å². The van der Waals surface area contributed by atoms with Gasteiger partial charge >= 0.3 is 0 Å². The van der Waals surface area contributed by atoms with Crippen molar-refractivity contribution < 1.29 is 0 Å². The molecule has 2 unspecified atom stereocenters. The summed E-state index contributed by atoms with van der Waals surface area (Å²) < 4.78 is 0. The minimum absolute atomic E-state index is 0.0361. The molecule has 1 heteroatoms. The predicted octanol–water partition coefficient (Wildman–Crippen LogP) is 5.92. The van der Waals surface area contributed by atoms with Crippen LogP contribution < -0.4 is 5.73 Å². The van der Waals surface area contributed by atoms with Gasteiger partial charge in [-0.05, 0) is 62.2 Å². The van der Waals surface area contributed by atoms with Gasteiger partial charge in [0.05, 0.1) is 0 Å². The first-order valence-corrected chi connectivity index (χ1v) is 8.85.